The van der Waals surface area contributed by atoms with Gasteiger partial charge in [0.2, 0.25) is 0 Å². The van der Waals surface area contributed by atoms with Crippen LogP contribution in [0.4, 0.5) is 5.82 Å². The molecule has 0 aromatic carbocycles. The molecule has 0 aliphatic heterocycles. The SMILES string of the molecule is CCNc1nc(CN(C)C)nc2sc(C)c(C)c12. The van der Waals surface area contributed by atoms with Gasteiger partial charge in [-0.05, 0) is 40.4 Å². The van der Waals surface area contributed by atoms with Crippen LogP contribution in [0, 0.1) is 13.8 Å². The molecular weight excluding hydrogens is 244 g/mol. The first kappa shape index (κ1) is 13.2. The molecule has 5 heteroatoms. The van der Waals surface area contributed by atoms with E-state index in [1.807, 2.05) is 14.1 Å². The van der Waals surface area contributed by atoms with Crippen LogP contribution in [0.25, 0.3) is 10.2 Å². The largest absolute Gasteiger partial charge is 0.370 e. The van der Waals surface area contributed by atoms with Gasteiger partial charge >= 0.3 is 0 Å². The molecule has 0 spiro atoms. The van der Waals surface area contributed by atoms with E-state index in [1.165, 1.54) is 15.8 Å². The summed E-state index contributed by atoms with van der Waals surface area (Å²) < 4.78 is 0. The smallest absolute Gasteiger partial charge is 0.146 e. The van der Waals surface area contributed by atoms with E-state index in [9.17, 15) is 0 Å². The Morgan fingerprint density at radius 1 is 1.22 bits per heavy atom. The maximum Gasteiger partial charge on any atom is 0.146 e. The molecule has 1 N–H and O–H groups in total. The number of nitrogens with zero attached hydrogens (tertiary/aromatic N) is 3. The fourth-order valence-corrected chi connectivity index (χ4v) is 2.99. The predicted molar refractivity (Wildman–Crippen MR) is 78.4 cm³/mol. The molecule has 0 atom stereocenters. The van der Waals surface area contributed by atoms with Gasteiger partial charge in [0.25, 0.3) is 0 Å². The van der Waals surface area contributed by atoms with E-state index in [4.69, 9.17) is 0 Å². The highest BCUT2D eigenvalue weighted by Gasteiger charge is 2.14. The summed E-state index contributed by atoms with van der Waals surface area (Å²) in [5.41, 5.74) is 1.29. The van der Waals surface area contributed by atoms with Crippen LogP contribution < -0.4 is 5.32 Å². The molecule has 0 fully saturated rings. The van der Waals surface area contributed by atoms with Crippen LogP contribution in [-0.2, 0) is 6.54 Å². The Morgan fingerprint density at radius 2 is 1.94 bits per heavy atom. The Hall–Kier alpha value is -1.20. The minimum atomic E-state index is 0.768. The maximum absolute atomic E-state index is 4.67. The molecule has 0 unspecified atom stereocenters. The minimum Gasteiger partial charge on any atom is -0.370 e. The summed E-state index contributed by atoms with van der Waals surface area (Å²) in [7, 11) is 4.07. The fraction of sp³-hybridized carbons (Fsp3) is 0.538. The molecule has 4 nitrogen and oxygen atoms in total. The quantitative estimate of drug-likeness (QED) is 0.922. The van der Waals surface area contributed by atoms with Gasteiger partial charge in [0.1, 0.15) is 16.5 Å². The molecule has 2 aromatic rings. The lowest BCUT2D eigenvalue weighted by atomic mass is 10.2. The molecule has 2 rings (SSSR count). The monoisotopic (exact) mass is 264 g/mol. The van der Waals surface area contributed by atoms with Crippen molar-refractivity contribution in [3.05, 3.63) is 16.3 Å². The number of fused-ring (bicyclic) bond motifs is 1. The summed E-state index contributed by atoms with van der Waals surface area (Å²) in [5, 5.41) is 4.54. The molecular formula is C13H20N4S. The number of hydrogen-bond donors (Lipinski definition) is 1. The third-order valence-corrected chi connectivity index (χ3v) is 3.98. The van der Waals surface area contributed by atoms with Gasteiger partial charge in [-0.25, -0.2) is 9.97 Å². The second kappa shape index (κ2) is 5.20. The summed E-state index contributed by atoms with van der Waals surface area (Å²) in [6.45, 7) is 8.02. The van der Waals surface area contributed by atoms with Gasteiger partial charge in [-0.3, -0.25) is 0 Å². The zero-order valence-electron chi connectivity index (χ0n) is 11.7. The van der Waals surface area contributed by atoms with Gasteiger partial charge in [0, 0.05) is 11.4 Å². The van der Waals surface area contributed by atoms with Crippen molar-refractivity contribution >= 4 is 27.4 Å². The molecule has 18 heavy (non-hydrogen) atoms. The van der Waals surface area contributed by atoms with Gasteiger partial charge in [-0.15, -0.1) is 11.3 Å². The van der Waals surface area contributed by atoms with Gasteiger partial charge in [0.05, 0.1) is 11.9 Å². The first-order valence-corrected chi connectivity index (χ1v) is 6.99. The van der Waals surface area contributed by atoms with Gasteiger partial charge < -0.3 is 10.2 Å². The van der Waals surface area contributed by atoms with Gasteiger partial charge in [0.15, 0.2) is 0 Å². The molecule has 0 bridgehead atoms. The summed E-state index contributed by atoms with van der Waals surface area (Å²) in [4.78, 5) is 13.8. The Kier molecular flexibility index (Phi) is 3.82. The van der Waals surface area contributed by atoms with Crippen LogP contribution in [0.5, 0.6) is 0 Å². The first-order chi connectivity index (χ1) is 8.52. The zero-order valence-corrected chi connectivity index (χ0v) is 12.5. The second-order valence-electron chi connectivity index (χ2n) is 4.72. The average Bonchev–Trinajstić information content (AvgIpc) is 2.54. The molecule has 0 aliphatic rings. The van der Waals surface area contributed by atoms with Crippen molar-refractivity contribution in [3.63, 3.8) is 0 Å². The fourth-order valence-electron chi connectivity index (χ4n) is 1.94. The van der Waals surface area contributed by atoms with Crippen molar-refractivity contribution in [2.75, 3.05) is 26.0 Å². The topological polar surface area (TPSA) is 41.1 Å². The molecule has 2 heterocycles. The molecule has 0 radical (unpaired) electrons. The number of nitrogens with one attached hydrogen (secondary N) is 1. The summed E-state index contributed by atoms with van der Waals surface area (Å²) in [6, 6.07) is 0. The zero-order chi connectivity index (χ0) is 13.3. The molecule has 98 valence electrons. The Labute approximate surface area is 112 Å². The van der Waals surface area contributed by atoms with Crippen LogP contribution >= 0.6 is 11.3 Å². The summed E-state index contributed by atoms with van der Waals surface area (Å²) in [5.74, 6) is 1.85. The predicted octanol–water partition coefficient (Wildman–Crippen LogP) is 2.80. The lowest BCUT2D eigenvalue weighted by Gasteiger charge is -2.11. The van der Waals surface area contributed by atoms with Crippen molar-refractivity contribution in [2.45, 2.75) is 27.3 Å². The van der Waals surface area contributed by atoms with E-state index < -0.39 is 0 Å². The third-order valence-electron chi connectivity index (χ3n) is 2.88. The van der Waals surface area contributed by atoms with Crippen molar-refractivity contribution in [3.8, 4) is 0 Å². The average molecular weight is 264 g/mol. The van der Waals surface area contributed by atoms with Crippen LogP contribution in [0.15, 0.2) is 0 Å². The lowest BCUT2D eigenvalue weighted by molar-refractivity contribution is 0.391. The number of anilines is 1. The number of aromatic nitrogens is 2. The maximum atomic E-state index is 4.67. The van der Waals surface area contributed by atoms with E-state index in [0.29, 0.717) is 0 Å². The number of rotatable bonds is 4. The highest BCUT2D eigenvalue weighted by Crippen LogP contribution is 2.33. The summed E-state index contributed by atoms with van der Waals surface area (Å²) >= 11 is 1.75. The highest BCUT2D eigenvalue weighted by atomic mass is 32.1. The molecule has 0 amide bonds. The van der Waals surface area contributed by atoms with E-state index in [2.05, 4.69) is 41.0 Å². The van der Waals surface area contributed by atoms with E-state index >= 15 is 0 Å². The van der Waals surface area contributed by atoms with Crippen molar-refractivity contribution in [1.29, 1.82) is 0 Å². The Bertz CT molecular complexity index is 560. The second-order valence-corrected chi connectivity index (χ2v) is 5.92. The molecule has 2 aromatic heterocycles. The van der Waals surface area contributed by atoms with Crippen LogP contribution in [0.1, 0.15) is 23.2 Å². The minimum absolute atomic E-state index is 0.768. The number of hydrogen-bond acceptors (Lipinski definition) is 5. The van der Waals surface area contributed by atoms with Gasteiger partial charge in [-0.2, -0.15) is 0 Å². The van der Waals surface area contributed by atoms with E-state index in [1.54, 1.807) is 11.3 Å². The Balaban J connectivity index is 2.59. The molecule has 0 aliphatic carbocycles. The first-order valence-electron chi connectivity index (χ1n) is 6.18. The lowest BCUT2D eigenvalue weighted by Crippen LogP contribution is -2.14. The normalized spacial score (nSPS) is 11.4. The number of thiophene rings is 1. The molecule has 0 saturated heterocycles. The molecule has 0 saturated carbocycles. The van der Waals surface area contributed by atoms with E-state index in [-0.39, 0.29) is 0 Å². The van der Waals surface area contributed by atoms with Crippen molar-refractivity contribution in [1.82, 2.24) is 14.9 Å². The van der Waals surface area contributed by atoms with Crippen LogP contribution in [0.2, 0.25) is 0 Å². The summed E-state index contributed by atoms with van der Waals surface area (Å²) in [6.07, 6.45) is 0. The Morgan fingerprint density at radius 3 is 2.56 bits per heavy atom. The standard InChI is InChI=1S/C13H20N4S/c1-6-14-12-11-8(2)9(3)18-13(11)16-10(15-12)7-17(4)5/h6-7H2,1-5H3,(H,14,15,16). The van der Waals surface area contributed by atoms with Crippen LogP contribution in [-0.4, -0.2) is 35.5 Å². The van der Waals surface area contributed by atoms with Gasteiger partial charge in [-0.1, -0.05) is 0 Å². The van der Waals surface area contributed by atoms with Crippen molar-refractivity contribution in [2.24, 2.45) is 0 Å². The third kappa shape index (κ3) is 2.47. The van der Waals surface area contributed by atoms with E-state index in [0.717, 1.165) is 29.6 Å². The highest BCUT2D eigenvalue weighted by molar-refractivity contribution is 7.18. The van der Waals surface area contributed by atoms with Crippen LogP contribution in [0.3, 0.4) is 0 Å². The number of aryl methyl sites for hydroxylation is 2. The van der Waals surface area contributed by atoms with Crippen molar-refractivity contribution < 1.29 is 0 Å².